The van der Waals surface area contributed by atoms with Crippen LogP contribution in [0.5, 0.6) is 0 Å². The number of furan rings is 2. The summed E-state index contributed by atoms with van der Waals surface area (Å²) >= 11 is 0. The van der Waals surface area contributed by atoms with E-state index in [1.54, 1.807) is 0 Å². The maximum atomic E-state index is 6.58. The molecule has 56 heavy (non-hydrogen) atoms. The molecule has 262 valence electrons. The van der Waals surface area contributed by atoms with E-state index in [1.165, 1.54) is 6.33 Å². The van der Waals surface area contributed by atoms with Gasteiger partial charge in [-0.3, -0.25) is 0 Å². The Hall–Kier alpha value is -7.70. The third kappa shape index (κ3) is 5.43. The number of aromatic nitrogens is 4. The molecule has 11 rings (SSSR count). The van der Waals surface area contributed by atoms with Crippen LogP contribution in [-0.2, 0) is 0 Å². The topological polar surface area (TPSA) is 77.8 Å². The van der Waals surface area contributed by atoms with Crippen molar-refractivity contribution in [2.24, 2.45) is 0 Å². The van der Waals surface area contributed by atoms with Gasteiger partial charge >= 0.3 is 0 Å². The predicted molar refractivity (Wildman–Crippen MR) is 225 cm³/mol. The first-order valence-corrected chi connectivity index (χ1v) is 18.5. The van der Waals surface area contributed by atoms with Gasteiger partial charge in [0.15, 0.2) is 5.82 Å². The van der Waals surface area contributed by atoms with Gasteiger partial charge in [0.2, 0.25) is 0 Å². The van der Waals surface area contributed by atoms with Crippen LogP contribution in [0.2, 0.25) is 0 Å². The molecule has 7 aromatic carbocycles. The van der Waals surface area contributed by atoms with Crippen molar-refractivity contribution in [1.82, 2.24) is 19.9 Å². The maximum absolute atomic E-state index is 6.58. The van der Waals surface area contributed by atoms with E-state index < -0.39 is 0 Å². The van der Waals surface area contributed by atoms with E-state index in [4.69, 9.17) is 18.8 Å². The number of nitrogens with zero attached hydrogens (tertiary/aromatic N) is 4. The zero-order chi connectivity index (χ0) is 37.0. The Balaban J connectivity index is 1.15. The van der Waals surface area contributed by atoms with E-state index in [9.17, 15) is 0 Å². The maximum Gasteiger partial charge on any atom is 0.160 e. The van der Waals surface area contributed by atoms with Crippen LogP contribution in [0.4, 0.5) is 0 Å². The molecule has 0 aliphatic carbocycles. The summed E-state index contributed by atoms with van der Waals surface area (Å²) in [6.45, 7) is 0. The van der Waals surface area contributed by atoms with Crippen LogP contribution >= 0.6 is 0 Å². The number of rotatable bonds is 6. The monoisotopic (exact) mass is 718 g/mol. The molecule has 0 atom stereocenters. The van der Waals surface area contributed by atoms with Gasteiger partial charge in [0, 0.05) is 67.3 Å². The van der Waals surface area contributed by atoms with Crippen LogP contribution in [0.1, 0.15) is 0 Å². The first-order valence-electron chi connectivity index (χ1n) is 18.5. The van der Waals surface area contributed by atoms with Crippen molar-refractivity contribution in [2.45, 2.75) is 0 Å². The Labute approximate surface area is 321 Å². The summed E-state index contributed by atoms with van der Waals surface area (Å²) in [5.41, 5.74) is 13.9. The summed E-state index contributed by atoms with van der Waals surface area (Å²) < 4.78 is 13.2. The molecule has 0 bridgehead atoms. The Kier molecular flexibility index (Phi) is 7.38. The standard InChI is InChI=1S/C50H30N4O2/c1-2-10-32(11-3-1)44-27-45(54-50(53-44)33-22-20-31(21-23-33)37-28-51-30-52-29-37)36-25-34(38-14-8-16-42-40-12-4-6-18-46(40)55-48(38)42)24-35(26-36)39-15-9-17-43-41-13-5-7-19-47(41)56-49(39)43/h1-30H. The van der Waals surface area contributed by atoms with Crippen molar-refractivity contribution in [2.75, 3.05) is 0 Å². The van der Waals surface area contributed by atoms with Gasteiger partial charge in [-0.2, -0.15) is 0 Å². The summed E-state index contributed by atoms with van der Waals surface area (Å²) in [6, 6.07) is 56.4. The van der Waals surface area contributed by atoms with Crippen LogP contribution in [-0.4, -0.2) is 19.9 Å². The summed E-state index contributed by atoms with van der Waals surface area (Å²) in [7, 11) is 0. The molecule has 11 aromatic rings. The van der Waals surface area contributed by atoms with Crippen LogP contribution < -0.4 is 0 Å². The van der Waals surface area contributed by atoms with Crippen molar-refractivity contribution < 1.29 is 8.83 Å². The zero-order valence-electron chi connectivity index (χ0n) is 29.9. The smallest absolute Gasteiger partial charge is 0.160 e. The molecule has 0 fully saturated rings. The van der Waals surface area contributed by atoms with Crippen molar-refractivity contribution in [3.05, 3.63) is 183 Å². The predicted octanol–water partition coefficient (Wildman–Crippen LogP) is 13.1. The lowest BCUT2D eigenvalue weighted by atomic mass is 9.93. The van der Waals surface area contributed by atoms with Gasteiger partial charge in [-0.25, -0.2) is 19.9 Å². The molecule has 0 N–H and O–H groups in total. The van der Waals surface area contributed by atoms with Gasteiger partial charge in [-0.05, 0) is 53.1 Å². The van der Waals surface area contributed by atoms with E-state index in [0.717, 1.165) is 105 Å². The molecule has 0 unspecified atom stereocenters. The summed E-state index contributed by atoms with van der Waals surface area (Å²) in [5, 5.41) is 4.33. The summed E-state index contributed by atoms with van der Waals surface area (Å²) in [4.78, 5) is 18.8. The van der Waals surface area contributed by atoms with Gasteiger partial charge in [-0.1, -0.05) is 127 Å². The Bertz CT molecular complexity index is 3110. The van der Waals surface area contributed by atoms with Crippen molar-refractivity contribution >= 4 is 43.9 Å². The lowest BCUT2D eigenvalue weighted by molar-refractivity contribution is 0.670. The first kappa shape index (κ1) is 31.8. The first-order chi connectivity index (χ1) is 27.7. The molecule has 6 heteroatoms. The fourth-order valence-corrected chi connectivity index (χ4v) is 7.78. The van der Waals surface area contributed by atoms with Crippen molar-refractivity contribution in [3.63, 3.8) is 0 Å². The molecule has 0 aliphatic heterocycles. The Morgan fingerprint density at radius 1 is 0.339 bits per heavy atom. The van der Waals surface area contributed by atoms with Crippen molar-refractivity contribution in [1.29, 1.82) is 0 Å². The van der Waals surface area contributed by atoms with Crippen LogP contribution in [0, 0.1) is 0 Å². The lowest BCUT2D eigenvalue weighted by Gasteiger charge is -2.14. The van der Waals surface area contributed by atoms with Gasteiger partial charge in [0.25, 0.3) is 0 Å². The summed E-state index contributed by atoms with van der Waals surface area (Å²) in [5.74, 6) is 0.628. The third-order valence-corrected chi connectivity index (χ3v) is 10.5. The second kappa shape index (κ2) is 13.0. The molecule has 0 saturated heterocycles. The van der Waals surface area contributed by atoms with Crippen molar-refractivity contribution in [3.8, 4) is 67.3 Å². The number of fused-ring (bicyclic) bond motifs is 6. The fraction of sp³-hybridized carbons (Fsp3) is 0. The Morgan fingerprint density at radius 2 is 0.839 bits per heavy atom. The highest BCUT2D eigenvalue weighted by Gasteiger charge is 2.19. The van der Waals surface area contributed by atoms with E-state index >= 15 is 0 Å². The molecule has 0 spiro atoms. The quantitative estimate of drug-likeness (QED) is 0.170. The highest BCUT2D eigenvalue weighted by Crippen LogP contribution is 2.42. The molecule has 4 heterocycles. The molecule has 0 saturated carbocycles. The largest absolute Gasteiger partial charge is 0.455 e. The fourth-order valence-electron chi connectivity index (χ4n) is 7.78. The lowest BCUT2D eigenvalue weighted by Crippen LogP contribution is -1.97. The van der Waals surface area contributed by atoms with Gasteiger partial charge in [-0.15, -0.1) is 0 Å². The number of benzene rings is 7. The van der Waals surface area contributed by atoms with E-state index in [0.29, 0.717) is 5.82 Å². The van der Waals surface area contributed by atoms with E-state index in [-0.39, 0.29) is 0 Å². The number of hydrogen-bond donors (Lipinski definition) is 0. The molecule has 6 nitrogen and oxygen atoms in total. The van der Waals surface area contributed by atoms with Gasteiger partial charge < -0.3 is 8.83 Å². The Morgan fingerprint density at radius 3 is 1.45 bits per heavy atom. The highest BCUT2D eigenvalue weighted by molar-refractivity contribution is 6.11. The molecule has 0 radical (unpaired) electrons. The zero-order valence-corrected chi connectivity index (χ0v) is 29.9. The number of hydrogen-bond acceptors (Lipinski definition) is 6. The third-order valence-electron chi connectivity index (χ3n) is 10.5. The van der Waals surface area contributed by atoms with Crippen LogP contribution in [0.3, 0.4) is 0 Å². The highest BCUT2D eigenvalue weighted by atomic mass is 16.3. The number of para-hydroxylation sites is 4. The molecule has 0 aliphatic rings. The summed E-state index contributed by atoms with van der Waals surface area (Å²) in [6.07, 6.45) is 5.17. The molecule has 4 aromatic heterocycles. The normalized spacial score (nSPS) is 11.6. The molecular formula is C50H30N4O2. The second-order valence-corrected chi connectivity index (χ2v) is 13.9. The SMILES string of the molecule is c1ccc(-c2cc(-c3cc(-c4cccc5c4oc4ccccc45)cc(-c4cccc5c4oc4ccccc45)c3)nc(-c3ccc(-c4cncnc4)cc3)n2)cc1. The second-order valence-electron chi connectivity index (χ2n) is 13.9. The minimum Gasteiger partial charge on any atom is -0.455 e. The van der Waals surface area contributed by atoms with Crippen LogP contribution in [0.15, 0.2) is 191 Å². The van der Waals surface area contributed by atoms with E-state index in [2.05, 4.69) is 131 Å². The van der Waals surface area contributed by atoms with E-state index in [1.807, 2.05) is 54.9 Å². The molecule has 0 amide bonds. The minimum atomic E-state index is 0.628. The average molecular weight is 719 g/mol. The van der Waals surface area contributed by atoms with Gasteiger partial charge in [0.05, 0.1) is 11.4 Å². The molecular weight excluding hydrogens is 689 g/mol. The minimum absolute atomic E-state index is 0.628. The van der Waals surface area contributed by atoms with Crippen LogP contribution in [0.25, 0.3) is 111 Å². The average Bonchev–Trinajstić information content (AvgIpc) is 3.86. The van der Waals surface area contributed by atoms with Gasteiger partial charge in [0.1, 0.15) is 28.7 Å².